The first-order chi connectivity index (χ1) is 19.4. The summed E-state index contributed by atoms with van der Waals surface area (Å²) in [6, 6.07) is 13.3. The van der Waals surface area contributed by atoms with E-state index in [1.807, 2.05) is 69.6 Å². The zero-order valence-corrected chi connectivity index (χ0v) is 22.3. The van der Waals surface area contributed by atoms with Crippen molar-refractivity contribution in [1.29, 1.82) is 0 Å². The van der Waals surface area contributed by atoms with Gasteiger partial charge in [0.1, 0.15) is 0 Å². The van der Waals surface area contributed by atoms with E-state index in [9.17, 15) is 9.59 Å². The number of nitrogens with zero attached hydrogens (tertiary/aromatic N) is 6. The average molecular weight is 534 g/mol. The van der Waals surface area contributed by atoms with Gasteiger partial charge in [-0.2, -0.15) is 5.10 Å². The number of aryl methyl sites for hydroxylation is 3. The van der Waals surface area contributed by atoms with Gasteiger partial charge in [-0.1, -0.05) is 18.2 Å². The molecule has 7 rings (SSSR count). The molecule has 0 saturated carbocycles. The van der Waals surface area contributed by atoms with Crippen LogP contribution in [-0.4, -0.2) is 49.8 Å². The maximum absolute atomic E-state index is 13.6. The molecule has 2 aliphatic heterocycles. The first-order valence-corrected chi connectivity index (χ1v) is 13.1. The van der Waals surface area contributed by atoms with Crippen molar-refractivity contribution in [2.24, 2.45) is 7.05 Å². The molecule has 5 heterocycles. The summed E-state index contributed by atoms with van der Waals surface area (Å²) >= 11 is 0. The lowest BCUT2D eigenvalue weighted by Crippen LogP contribution is -2.28. The summed E-state index contributed by atoms with van der Waals surface area (Å²) in [5.74, 6) is 1.04. The van der Waals surface area contributed by atoms with Crippen LogP contribution in [-0.2, 0) is 13.6 Å². The van der Waals surface area contributed by atoms with Crippen LogP contribution in [0.15, 0.2) is 54.9 Å². The Morgan fingerprint density at radius 1 is 1.00 bits per heavy atom. The van der Waals surface area contributed by atoms with Gasteiger partial charge in [0.05, 0.1) is 29.1 Å². The molecule has 0 spiro atoms. The number of benzene rings is 2. The van der Waals surface area contributed by atoms with Crippen LogP contribution >= 0.6 is 0 Å². The number of carbonyl (C=O) groups is 2. The number of hydrogen-bond donors (Lipinski definition) is 3. The van der Waals surface area contributed by atoms with Crippen molar-refractivity contribution in [2.75, 3.05) is 28.2 Å². The van der Waals surface area contributed by atoms with Crippen LogP contribution in [0.25, 0.3) is 22.2 Å². The maximum Gasteiger partial charge on any atom is 0.322 e. The van der Waals surface area contributed by atoms with Crippen molar-refractivity contribution < 1.29 is 9.59 Å². The summed E-state index contributed by atoms with van der Waals surface area (Å²) < 4.78 is 1.79. The zero-order chi connectivity index (χ0) is 27.5. The third-order valence-corrected chi connectivity index (χ3v) is 7.66. The van der Waals surface area contributed by atoms with E-state index in [-0.39, 0.29) is 11.9 Å². The summed E-state index contributed by atoms with van der Waals surface area (Å²) in [6.07, 6.45) is 3.71. The summed E-state index contributed by atoms with van der Waals surface area (Å²) in [6.45, 7) is 5.51. The van der Waals surface area contributed by atoms with Crippen LogP contribution < -0.4 is 20.4 Å². The van der Waals surface area contributed by atoms with Gasteiger partial charge in [-0.3, -0.25) is 14.4 Å². The number of hydrogen-bond acceptors (Lipinski definition) is 6. The molecule has 200 valence electrons. The molecule has 0 bridgehead atoms. The number of urea groups is 1. The molecular formula is C29H27N9O2. The molecule has 0 atom stereocenters. The van der Waals surface area contributed by atoms with Crippen molar-refractivity contribution in [3.63, 3.8) is 0 Å². The predicted molar refractivity (Wildman–Crippen MR) is 153 cm³/mol. The van der Waals surface area contributed by atoms with E-state index in [0.29, 0.717) is 37.0 Å². The molecule has 0 unspecified atom stereocenters. The second-order valence-corrected chi connectivity index (χ2v) is 10.1. The van der Waals surface area contributed by atoms with E-state index in [4.69, 9.17) is 4.98 Å². The van der Waals surface area contributed by atoms with E-state index in [1.165, 1.54) is 0 Å². The number of rotatable bonds is 5. The summed E-state index contributed by atoms with van der Waals surface area (Å²) in [7, 11) is 1.89. The first-order valence-electron chi connectivity index (χ1n) is 13.1. The minimum absolute atomic E-state index is 0.0875. The van der Waals surface area contributed by atoms with Crippen LogP contribution in [0.5, 0.6) is 0 Å². The maximum atomic E-state index is 13.6. The van der Waals surface area contributed by atoms with Crippen LogP contribution in [0.2, 0.25) is 0 Å². The molecule has 3 amide bonds. The number of para-hydroxylation sites is 1. The van der Waals surface area contributed by atoms with Crippen molar-refractivity contribution in [1.82, 2.24) is 30.0 Å². The highest BCUT2D eigenvalue weighted by molar-refractivity contribution is 6.16. The third-order valence-electron chi connectivity index (χ3n) is 7.66. The molecule has 40 heavy (non-hydrogen) atoms. The van der Waals surface area contributed by atoms with Gasteiger partial charge in [-0.05, 0) is 37.6 Å². The summed E-state index contributed by atoms with van der Waals surface area (Å²) in [5.41, 5.74) is 7.52. The average Bonchev–Trinajstić information content (AvgIpc) is 3.72. The van der Waals surface area contributed by atoms with Gasteiger partial charge in [0, 0.05) is 66.4 Å². The van der Waals surface area contributed by atoms with E-state index in [0.717, 1.165) is 50.4 Å². The van der Waals surface area contributed by atoms with E-state index >= 15 is 0 Å². The minimum atomic E-state index is -0.136. The van der Waals surface area contributed by atoms with Crippen molar-refractivity contribution in [3.05, 3.63) is 77.2 Å². The molecule has 3 aromatic heterocycles. The van der Waals surface area contributed by atoms with Gasteiger partial charge in [-0.25, -0.2) is 14.8 Å². The Balaban J connectivity index is 1.25. The fourth-order valence-corrected chi connectivity index (χ4v) is 5.54. The second kappa shape index (κ2) is 8.94. The topological polar surface area (TPSA) is 124 Å². The molecule has 0 radical (unpaired) electrons. The smallest absolute Gasteiger partial charge is 0.322 e. The standard InChI is InChI=1S/C29H27N9O2/c1-16-13-32-28(33-24-12-17(2)36(3)35-24)34-25(16)20-14-31-26-18(20)6-4-9-23(26)38-15-21-19(27(38)39)7-5-8-22(21)37-11-10-30-29(37)40/h4-9,12-14,31H,10-11,15H2,1-3H3,(H,30,40)(H,32,33,34,35). The number of carbonyl (C=O) groups excluding carboxylic acids is 2. The number of aromatic amines is 1. The third kappa shape index (κ3) is 3.69. The van der Waals surface area contributed by atoms with Gasteiger partial charge in [0.25, 0.3) is 5.91 Å². The van der Waals surface area contributed by atoms with Crippen LogP contribution in [0.1, 0.15) is 27.2 Å². The van der Waals surface area contributed by atoms with Crippen LogP contribution in [0, 0.1) is 13.8 Å². The zero-order valence-electron chi connectivity index (χ0n) is 22.3. The Morgan fingerprint density at radius 3 is 2.60 bits per heavy atom. The van der Waals surface area contributed by atoms with E-state index in [2.05, 4.69) is 25.7 Å². The fourth-order valence-electron chi connectivity index (χ4n) is 5.54. The number of aromatic nitrogens is 5. The lowest BCUT2D eigenvalue weighted by Gasteiger charge is -2.19. The van der Waals surface area contributed by atoms with Crippen molar-refractivity contribution in [2.45, 2.75) is 20.4 Å². The molecule has 0 aliphatic carbocycles. The van der Waals surface area contributed by atoms with Gasteiger partial charge in [0.2, 0.25) is 5.95 Å². The number of anilines is 4. The highest BCUT2D eigenvalue weighted by Crippen LogP contribution is 2.40. The SMILES string of the molecule is Cc1cnc(Nc2cc(C)n(C)n2)nc1-c1c[nH]c2c(N3Cc4c(cccc4N4CCNC4=O)C3=O)cccc12. The number of amides is 3. The fraction of sp³-hybridized carbons (Fsp3) is 0.207. The molecule has 2 aliphatic rings. The molecule has 1 fully saturated rings. The quantitative estimate of drug-likeness (QED) is 0.308. The van der Waals surface area contributed by atoms with Crippen molar-refractivity contribution in [3.8, 4) is 11.3 Å². The van der Waals surface area contributed by atoms with Gasteiger partial charge in [0.15, 0.2) is 5.82 Å². The highest BCUT2D eigenvalue weighted by atomic mass is 16.2. The van der Waals surface area contributed by atoms with Gasteiger partial charge < -0.3 is 20.5 Å². The lowest BCUT2D eigenvalue weighted by atomic mass is 10.1. The van der Waals surface area contributed by atoms with Crippen LogP contribution in [0.4, 0.5) is 27.9 Å². The molecule has 2 aromatic carbocycles. The Hall–Kier alpha value is -5.19. The van der Waals surface area contributed by atoms with E-state index < -0.39 is 0 Å². The molecule has 1 saturated heterocycles. The Kier molecular flexibility index (Phi) is 5.34. The summed E-state index contributed by atoms with van der Waals surface area (Å²) in [4.78, 5) is 42.2. The number of H-pyrrole nitrogens is 1. The largest absolute Gasteiger partial charge is 0.359 e. The molecule has 5 aromatic rings. The number of fused-ring (bicyclic) bond motifs is 2. The predicted octanol–water partition coefficient (Wildman–Crippen LogP) is 4.41. The lowest BCUT2D eigenvalue weighted by molar-refractivity contribution is 0.0997. The molecule has 11 nitrogen and oxygen atoms in total. The Bertz CT molecular complexity index is 1820. The first kappa shape index (κ1) is 23.9. The molecular weight excluding hydrogens is 506 g/mol. The van der Waals surface area contributed by atoms with Crippen molar-refractivity contribution >= 4 is 46.0 Å². The van der Waals surface area contributed by atoms with E-state index in [1.54, 1.807) is 20.7 Å². The van der Waals surface area contributed by atoms with Gasteiger partial charge in [-0.15, -0.1) is 0 Å². The normalized spacial score (nSPS) is 14.8. The Morgan fingerprint density at radius 2 is 1.82 bits per heavy atom. The van der Waals surface area contributed by atoms with Gasteiger partial charge >= 0.3 is 6.03 Å². The molecule has 3 N–H and O–H groups in total. The highest BCUT2D eigenvalue weighted by Gasteiger charge is 2.35. The van der Waals surface area contributed by atoms with Crippen LogP contribution in [0.3, 0.4) is 0 Å². The number of nitrogens with one attached hydrogen (secondary N) is 3. The minimum Gasteiger partial charge on any atom is -0.359 e. The Labute approximate surface area is 229 Å². The monoisotopic (exact) mass is 533 g/mol. The second-order valence-electron chi connectivity index (χ2n) is 10.1. The summed E-state index contributed by atoms with van der Waals surface area (Å²) in [5, 5.41) is 11.4. The molecule has 11 heteroatoms.